The molecule has 2 aromatic carbocycles. The minimum atomic E-state index is -1.14. The van der Waals surface area contributed by atoms with Gasteiger partial charge in [-0.1, -0.05) is 0 Å². The molecule has 0 spiro atoms. The van der Waals surface area contributed by atoms with E-state index in [0.717, 1.165) is 5.56 Å². The third-order valence-corrected chi connectivity index (χ3v) is 5.16. The van der Waals surface area contributed by atoms with Crippen molar-refractivity contribution in [1.29, 1.82) is 0 Å². The lowest BCUT2D eigenvalue weighted by Crippen LogP contribution is -2.11. The zero-order valence-corrected chi connectivity index (χ0v) is 15.2. The van der Waals surface area contributed by atoms with Crippen molar-refractivity contribution in [1.82, 2.24) is 0 Å². The second kappa shape index (κ2) is 7.29. The van der Waals surface area contributed by atoms with E-state index in [9.17, 15) is 13.8 Å². The largest absolute Gasteiger partial charge is 0.496 e. The molecule has 6 nitrogen and oxygen atoms in total. The van der Waals surface area contributed by atoms with Crippen LogP contribution in [0.25, 0.3) is 0 Å². The van der Waals surface area contributed by atoms with E-state index in [1.54, 1.807) is 36.6 Å². The molecular formula is C19H18O6S. The summed E-state index contributed by atoms with van der Waals surface area (Å²) < 4.78 is 22.6. The Labute approximate surface area is 153 Å². The smallest absolute Gasteiger partial charge is 0.307 e. The molecular weight excluding hydrogens is 356 g/mol. The average Bonchev–Trinajstić information content (AvgIpc) is 3.07. The molecule has 1 N–H and O–H groups in total. The van der Waals surface area contributed by atoms with E-state index in [4.69, 9.17) is 14.6 Å². The molecule has 0 fully saturated rings. The Balaban J connectivity index is 2.13. The third-order valence-electron chi connectivity index (χ3n) is 4.22. The molecule has 0 saturated carbocycles. The van der Waals surface area contributed by atoms with Gasteiger partial charge in [0.2, 0.25) is 5.78 Å². The van der Waals surface area contributed by atoms with Crippen LogP contribution >= 0.6 is 0 Å². The van der Waals surface area contributed by atoms with Crippen molar-refractivity contribution in [3.8, 4) is 11.5 Å². The van der Waals surface area contributed by atoms with E-state index in [1.807, 2.05) is 0 Å². The van der Waals surface area contributed by atoms with Gasteiger partial charge in [0.1, 0.15) is 17.1 Å². The number of carboxylic acid groups (broad SMARTS) is 1. The van der Waals surface area contributed by atoms with E-state index < -0.39 is 16.8 Å². The van der Waals surface area contributed by atoms with Crippen LogP contribution in [0.4, 0.5) is 0 Å². The van der Waals surface area contributed by atoms with Gasteiger partial charge in [-0.15, -0.1) is 0 Å². The molecule has 136 valence electrons. The van der Waals surface area contributed by atoms with Crippen LogP contribution in [-0.4, -0.2) is 41.0 Å². The predicted octanol–water partition coefficient (Wildman–Crippen LogP) is 2.23. The topological polar surface area (TPSA) is 89.9 Å². The number of rotatable bonds is 6. The number of benzene rings is 2. The zero-order chi connectivity index (χ0) is 18.8. The fraction of sp³-hybridized carbons (Fsp3) is 0.263. The average molecular weight is 374 g/mol. The number of fused-ring (bicyclic) bond motifs is 1. The maximum absolute atomic E-state index is 13.1. The van der Waals surface area contributed by atoms with Crippen molar-refractivity contribution >= 4 is 22.6 Å². The van der Waals surface area contributed by atoms with Crippen molar-refractivity contribution in [2.24, 2.45) is 0 Å². The molecule has 2 aromatic rings. The standard InChI is InChI=1S/C19H18O6S/c1-24-18-13(10-15(20)21)9-12-7-8-25-19(12)16(18)17(22)11-3-5-14(6-4-11)26(2)23/h3-6,9H,7-8,10H2,1-2H3,(H,20,21). The second-order valence-electron chi connectivity index (χ2n) is 5.91. The number of aliphatic carboxylic acids is 1. The first-order valence-corrected chi connectivity index (χ1v) is 9.53. The third kappa shape index (κ3) is 3.35. The van der Waals surface area contributed by atoms with Gasteiger partial charge in [-0.3, -0.25) is 13.8 Å². The van der Waals surface area contributed by atoms with Crippen molar-refractivity contribution in [3.63, 3.8) is 0 Å². The summed E-state index contributed by atoms with van der Waals surface area (Å²) in [7, 11) is 0.268. The van der Waals surface area contributed by atoms with E-state index in [2.05, 4.69) is 0 Å². The van der Waals surface area contributed by atoms with Gasteiger partial charge < -0.3 is 14.6 Å². The van der Waals surface area contributed by atoms with Gasteiger partial charge in [0.05, 0.1) is 20.1 Å². The van der Waals surface area contributed by atoms with E-state index in [-0.39, 0.29) is 23.5 Å². The van der Waals surface area contributed by atoms with Gasteiger partial charge in [-0.2, -0.15) is 0 Å². The summed E-state index contributed by atoms with van der Waals surface area (Å²) in [6.45, 7) is 0.434. The van der Waals surface area contributed by atoms with Crippen LogP contribution in [0.3, 0.4) is 0 Å². The first-order chi connectivity index (χ1) is 12.4. The zero-order valence-electron chi connectivity index (χ0n) is 14.4. The molecule has 7 heteroatoms. The minimum Gasteiger partial charge on any atom is -0.496 e. The van der Waals surface area contributed by atoms with Crippen LogP contribution in [-0.2, 0) is 28.4 Å². The Morgan fingerprint density at radius 3 is 2.54 bits per heavy atom. The molecule has 1 aliphatic rings. The predicted molar refractivity (Wildman–Crippen MR) is 95.7 cm³/mol. The van der Waals surface area contributed by atoms with Crippen LogP contribution in [0, 0.1) is 0 Å². The SMILES string of the molecule is COc1c(CC(=O)O)cc2c(c1C(=O)c1ccc(S(C)=O)cc1)OCC2. The first kappa shape index (κ1) is 18.1. The number of carbonyl (C=O) groups excluding carboxylic acids is 1. The molecule has 1 aliphatic heterocycles. The molecule has 3 rings (SSSR count). The number of carbonyl (C=O) groups is 2. The van der Waals surface area contributed by atoms with Crippen LogP contribution in [0.1, 0.15) is 27.0 Å². The Kier molecular flexibility index (Phi) is 5.08. The van der Waals surface area contributed by atoms with Crippen LogP contribution in [0.2, 0.25) is 0 Å². The summed E-state index contributed by atoms with van der Waals surface area (Å²) >= 11 is 0. The Morgan fingerprint density at radius 1 is 1.27 bits per heavy atom. The highest BCUT2D eigenvalue weighted by Gasteiger charge is 2.29. The summed E-state index contributed by atoms with van der Waals surface area (Å²) in [6, 6.07) is 8.21. The molecule has 1 unspecified atom stereocenters. The van der Waals surface area contributed by atoms with Crippen molar-refractivity contribution in [2.75, 3.05) is 20.0 Å². The van der Waals surface area contributed by atoms with Crippen molar-refractivity contribution in [3.05, 3.63) is 52.6 Å². The summed E-state index contributed by atoms with van der Waals surface area (Å²) in [5.41, 5.74) is 1.88. The molecule has 1 heterocycles. The summed E-state index contributed by atoms with van der Waals surface area (Å²) in [4.78, 5) is 24.9. The van der Waals surface area contributed by atoms with Crippen LogP contribution < -0.4 is 9.47 Å². The lowest BCUT2D eigenvalue weighted by atomic mass is 9.94. The molecule has 0 aromatic heterocycles. The lowest BCUT2D eigenvalue weighted by molar-refractivity contribution is -0.136. The van der Waals surface area contributed by atoms with Gasteiger partial charge in [0.15, 0.2) is 0 Å². The highest BCUT2D eigenvalue weighted by atomic mass is 32.2. The van der Waals surface area contributed by atoms with Gasteiger partial charge in [-0.05, 0) is 35.9 Å². The fourth-order valence-corrected chi connectivity index (χ4v) is 3.57. The summed E-state index contributed by atoms with van der Waals surface area (Å²) in [5.74, 6) is -0.652. The molecule has 0 radical (unpaired) electrons. The van der Waals surface area contributed by atoms with E-state index >= 15 is 0 Å². The van der Waals surface area contributed by atoms with Gasteiger partial charge in [0.25, 0.3) is 0 Å². The molecule has 1 atom stereocenters. The lowest BCUT2D eigenvalue weighted by Gasteiger charge is -2.16. The fourth-order valence-electron chi connectivity index (χ4n) is 3.06. The number of ketones is 1. The number of hydrogen-bond acceptors (Lipinski definition) is 5. The summed E-state index contributed by atoms with van der Waals surface area (Å²) in [6.07, 6.45) is 1.93. The van der Waals surface area contributed by atoms with Gasteiger partial charge in [-0.25, -0.2) is 0 Å². The molecule has 0 saturated heterocycles. The van der Waals surface area contributed by atoms with Crippen molar-refractivity contribution < 1.29 is 28.4 Å². The van der Waals surface area contributed by atoms with E-state index in [0.29, 0.717) is 34.8 Å². The second-order valence-corrected chi connectivity index (χ2v) is 7.29. The normalized spacial score (nSPS) is 13.6. The Morgan fingerprint density at radius 2 is 1.96 bits per heavy atom. The van der Waals surface area contributed by atoms with Crippen LogP contribution in [0.5, 0.6) is 11.5 Å². The Bertz CT molecular complexity index is 901. The molecule has 0 aliphatic carbocycles. The van der Waals surface area contributed by atoms with Crippen molar-refractivity contribution in [2.45, 2.75) is 17.7 Å². The number of ether oxygens (including phenoxy) is 2. The highest BCUT2D eigenvalue weighted by Crippen LogP contribution is 2.40. The Hall–Kier alpha value is -2.67. The minimum absolute atomic E-state index is 0.223. The van der Waals surface area contributed by atoms with Gasteiger partial charge in [0, 0.05) is 39.5 Å². The number of hydrogen-bond donors (Lipinski definition) is 1. The summed E-state index contributed by atoms with van der Waals surface area (Å²) in [5, 5.41) is 9.16. The quantitative estimate of drug-likeness (QED) is 0.780. The number of carboxylic acids is 1. The van der Waals surface area contributed by atoms with Crippen LogP contribution in [0.15, 0.2) is 35.2 Å². The van der Waals surface area contributed by atoms with E-state index in [1.165, 1.54) is 7.11 Å². The molecule has 26 heavy (non-hydrogen) atoms. The highest BCUT2D eigenvalue weighted by molar-refractivity contribution is 7.84. The first-order valence-electron chi connectivity index (χ1n) is 7.98. The van der Waals surface area contributed by atoms with Gasteiger partial charge >= 0.3 is 5.97 Å². The maximum Gasteiger partial charge on any atom is 0.307 e. The monoisotopic (exact) mass is 374 g/mol. The maximum atomic E-state index is 13.1. The number of methoxy groups -OCH3 is 1. The molecule has 0 amide bonds. The molecule has 0 bridgehead atoms.